The maximum atomic E-state index is 12.4. The van der Waals surface area contributed by atoms with E-state index in [0.717, 1.165) is 9.37 Å². The quantitative estimate of drug-likeness (QED) is 0.809. The molecule has 1 amide bonds. The van der Waals surface area contributed by atoms with E-state index < -0.39 is 0 Å². The van der Waals surface area contributed by atoms with E-state index in [1.54, 1.807) is 17.0 Å². The van der Waals surface area contributed by atoms with Crippen molar-refractivity contribution in [1.82, 2.24) is 4.90 Å². The minimum absolute atomic E-state index is 0.0933. The number of hydrogen-bond acceptors (Lipinski definition) is 4. The fourth-order valence-corrected chi connectivity index (χ4v) is 2.53. The summed E-state index contributed by atoms with van der Waals surface area (Å²) in [7, 11) is 0. The van der Waals surface area contributed by atoms with Gasteiger partial charge in [0.2, 0.25) is 0 Å². The summed E-state index contributed by atoms with van der Waals surface area (Å²) in [5, 5.41) is 9.28. The fourth-order valence-electron chi connectivity index (χ4n) is 1.91. The van der Waals surface area contributed by atoms with Crippen molar-refractivity contribution < 1.29 is 14.6 Å². The molecule has 1 heterocycles. The Morgan fingerprint density at radius 2 is 2.39 bits per heavy atom. The van der Waals surface area contributed by atoms with Crippen LogP contribution in [0.4, 0.5) is 0 Å². The number of nitrogens with zero attached hydrogens (tertiary/aromatic N) is 1. The van der Waals surface area contributed by atoms with Gasteiger partial charge >= 0.3 is 0 Å². The zero-order chi connectivity index (χ0) is 13.1. The van der Waals surface area contributed by atoms with Crippen molar-refractivity contribution in [2.45, 2.75) is 10.9 Å². The Hall–Kier alpha value is -0.560. The molecule has 0 radical (unpaired) electrons. The highest BCUT2D eigenvalue weighted by Gasteiger charge is 2.28. The lowest BCUT2D eigenvalue weighted by molar-refractivity contribution is -0.0184. The van der Waals surface area contributed by atoms with Gasteiger partial charge in [-0.15, -0.1) is 12.6 Å². The molecular formula is C12H14BrNO3S. The van der Waals surface area contributed by atoms with Crippen LogP contribution in [0, 0.1) is 0 Å². The van der Waals surface area contributed by atoms with Gasteiger partial charge in [0.15, 0.2) is 0 Å². The van der Waals surface area contributed by atoms with E-state index >= 15 is 0 Å². The van der Waals surface area contributed by atoms with Crippen molar-refractivity contribution in [3.05, 3.63) is 28.2 Å². The minimum atomic E-state index is -0.276. The van der Waals surface area contributed by atoms with Gasteiger partial charge in [0.05, 0.1) is 31.4 Å². The summed E-state index contributed by atoms with van der Waals surface area (Å²) in [5.41, 5.74) is 0.558. The molecular weight excluding hydrogens is 318 g/mol. The predicted octanol–water partition coefficient (Wildman–Crippen LogP) is 1.57. The molecule has 0 saturated carbocycles. The Labute approximate surface area is 119 Å². The van der Waals surface area contributed by atoms with Gasteiger partial charge in [-0.2, -0.15) is 0 Å². The van der Waals surface area contributed by atoms with E-state index in [2.05, 4.69) is 28.6 Å². The third-order valence-corrected chi connectivity index (χ3v) is 3.85. The smallest absolute Gasteiger partial charge is 0.255 e. The van der Waals surface area contributed by atoms with Crippen molar-refractivity contribution in [1.29, 1.82) is 0 Å². The van der Waals surface area contributed by atoms with Crippen molar-refractivity contribution in [2.24, 2.45) is 0 Å². The zero-order valence-corrected chi connectivity index (χ0v) is 12.2. The van der Waals surface area contributed by atoms with Crippen LogP contribution in [0.15, 0.2) is 27.6 Å². The van der Waals surface area contributed by atoms with Crippen LogP contribution in [0.1, 0.15) is 10.4 Å². The number of rotatable bonds is 2. The van der Waals surface area contributed by atoms with Crippen molar-refractivity contribution in [2.75, 3.05) is 26.4 Å². The second-order valence-electron chi connectivity index (χ2n) is 4.07. The molecule has 0 aromatic heterocycles. The molecule has 1 aliphatic heterocycles. The Balaban J connectivity index is 2.26. The highest BCUT2D eigenvalue weighted by molar-refractivity contribution is 9.10. The average molecular weight is 332 g/mol. The van der Waals surface area contributed by atoms with Crippen LogP contribution >= 0.6 is 28.6 Å². The van der Waals surface area contributed by atoms with Crippen molar-refractivity contribution in [3.8, 4) is 0 Å². The molecule has 1 atom stereocenters. The summed E-state index contributed by atoms with van der Waals surface area (Å²) in [6.07, 6.45) is 0. The molecule has 0 spiro atoms. The third-order valence-electron chi connectivity index (χ3n) is 2.88. The second-order valence-corrected chi connectivity index (χ2v) is 5.44. The molecule has 1 aromatic rings. The monoisotopic (exact) mass is 331 g/mol. The molecule has 1 N–H and O–H groups in total. The van der Waals surface area contributed by atoms with Crippen LogP contribution < -0.4 is 0 Å². The summed E-state index contributed by atoms with van der Waals surface area (Å²) < 4.78 is 5.99. The zero-order valence-electron chi connectivity index (χ0n) is 9.67. The minimum Gasteiger partial charge on any atom is -0.394 e. The summed E-state index contributed by atoms with van der Waals surface area (Å²) in [6, 6.07) is 5.05. The van der Waals surface area contributed by atoms with Crippen LogP contribution in [-0.2, 0) is 4.74 Å². The summed E-state index contributed by atoms with van der Waals surface area (Å²) in [6.45, 7) is 1.28. The Kier molecular flexibility index (Phi) is 4.66. The number of amides is 1. The number of thiol groups is 1. The SMILES string of the molecule is O=C(c1cc(S)ccc1Br)N1CCOCC1CO. The van der Waals surface area contributed by atoms with E-state index in [-0.39, 0.29) is 18.6 Å². The lowest BCUT2D eigenvalue weighted by Gasteiger charge is -2.34. The number of carbonyl (C=O) groups is 1. The highest BCUT2D eigenvalue weighted by atomic mass is 79.9. The molecule has 1 aromatic carbocycles. The number of carbonyl (C=O) groups excluding carboxylic acids is 1. The number of aliphatic hydroxyl groups excluding tert-OH is 1. The van der Waals surface area contributed by atoms with Crippen molar-refractivity contribution in [3.63, 3.8) is 0 Å². The van der Waals surface area contributed by atoms with Gasteiger partial charge in [-0.05, 0) is 34.1 Å². The van der Waals surface area contributed by atoms with Gasteiger partial charge < -0.3 is 14.7 Å². The standard InChI is InChI=1S/C12H14BrNO3S/c13-11-2-1-9(18)5-10(11)12(16)14-3-4-17-7-8(14)6-15/h1-2,5,8,15,18H,3-4,6-7H2. The van der Waals surface area contributed by atoms with Crippen LogP contribution in [0.25, 0.3) is 0 Å². The summed E-state index contributed by atoms with van der Waals surface area (Å²) in [5.74, 6) is -0.111. The van der Waals surface area contributed by atoms with Gasteiger partial charge in [-0.3, -0.25) is 4.79 Å². The maximum absolute atomic E-state index is 12.4. The molecule has 0 bridgehead atoms. The maximum Gasteiger partial charge on any atom is 0.255 e. The molecule has 18 heavy (non-hydrogen) atoms. The molecule has 98 valence electrons. The van der Waals surface area contributed by atoms with E-state index in [9.17, 15) is 9.90 Å². The van der Waals surface area contributed by atoms with Crippen LogP contribution in [-0.4, -0.2) is 48.3 Å². The Bertz CT molecular complexity index is 455. The first-order valence-electron chi connectivity index (χ1n) is 5.61. The Morgan fingerprint density at radius 3 is 3.11 bits per heavy atom. The normalized spacial score (nSPS) is 19.9. The number of aliphatic hydroxyl groups is 1. The van der Waals surface area contributed by atoms with E-state index in [4.69, 9.17) is 4.74 Å². The predicted molar refractivity (Wildman–Crippen MR) is 74.1 cm³/mol. The second kappa shape index (κ2) is 6.06. The topological polar surface area (TPSA) is 49.8 Å². The Morgan fingerprint density at radius 1 is 1.61 bits per heavy atom. The van der Waals surface area contributed by atoms with E-state index in [1.165, 1.54) is 0 Å². The van der Waals surface area contributed by atoms with Gasteiger partial charge in [0.25, 0.3) is 5.91 Å². The van der Waals surface area contributed by atoms with E-state index in [0.29, 0.717) is 25.3 Å². The molecule has 1 aliphatic rings. The first kappa shape index (κ1) is 13.9. The third kappa shape index (κ3) is 2.88. The molecule has 1 saturated heterocycles. The number of halogens is 1. The highest BCUT2D eigenvalue weighted by Crippen LogP contribution is 2.23. The average Bonchev–Trinajstić information content (AvgIpc) is 2.40. The van der Waals surface area contributed by atoms with Gasteiger partial charge in [0.1, 0.15) is 0 Å². The molecule has 1 unspecified atom stereocenters. The molecule has 6 heteroatoms. The first-order chi connectivity index (χ1) is 8.63. The van der Waals surface area contributed by atoms with Gasteiger partial charge in [-0.1, -0.05) is 0 Å². The summed E-state index contributed by atoms with van der Waals surface area (Å²) in [4.78, 5) is 14.8. The molecule has 0 aliphatic carbocycles. The lowest BCUT2D eigenvalue weighted by Crippen LogP contribution is -2.50. The van der Waals surface area contributed by atoms with Crippen LogP contribution in [0.5, 0.6) is 0 Å². The van der Waals surface area contributed by atoms with Gasteiger partial charge in [-0.25, -0.2) is 0 Å². The molecule has 2 rings (SSSR count). The fraction of sp³-hybridized carbons (Fsp3) is 0.417. The first-order valence-corrected chi connectivity index (χ1v) is 6.85. The van der Waals surface area contributed by atoms with Crippen LogP contribution in [0.3, 0.4) is 0 Å². The molecule has 4 nitrogen and oxygen atoms in total. The van der Waals surface area contributed by atoms with Crippen LogP contribution in [0.2, 0.25) is 0 Å². The van der Waals surface area contributed by atoms with E-state index in [1.807, 2.05) is 6.07 Å². The number of morpholine rings is 1. The number of benzene rings is 1. The number of hydrogen-bond donors (Lipinski definition) is 2. The largest absolute Gasteiger partial charge is 0.394 e. The van der Waals surface area contributed by atoms with Crippen molar-refractivity contribution >= 4 is 34.5 Å². The van der Waals surface area contributed by atoms with Gasteiger partial charge in [0, 0.05) is 15.9 Å². The lowest BCUT2D eigenvalue weighted by atomic mass is 10.1. The summed E-state index contributed by atoms with van der Waals surface area (Å²) >= 11 is 7.60. The molecule has 1 fully saturated rings. The number of ether oxygens (including phenoxy) is 1.